The van der Waals surface area contributed by atoms with E-state index in [9.17, 15) is 13.2 Å². The van der Waals surface area contributed by atoms with Gasteiger partial charge >= 0.3 is 6.18 Å². The van der Waals surface area contributed by atoms with Gasteiger partial charge in [-0.3, -0.25) is 0 Å². The number of benzene rings is 2. The molecule has 2 aromatic carbocycles. The number of nitrogens with two attached hydrogens (primary N) is 2. The highest BCUT2D eigenvalue weighted by Crippen LogP contribution is 2.50. The molecule has 0 bridgehead atoms. The van der Waals surface area contributed by atoms with E-state index in [-0.39, 0.29) is 6.04 Å². The Morgan fingerprint density at radius 3 is 2.38 bits per heavy atom. The predicted molar refractivity (Wildman–Crippen MR) is 146 cm³/mol. The van der Waals surface area contributed by atoms with Crippen molar-refractivity contribution in [2.75, 3.05) is 61.3 Å². The van der Waals surface area contributed by atoms with Crippen molar-refractivity contribution in [3.63, 3.8) is 0 Å². The normalized spacial score (nSPS) is 19.3. The van der Waals surface area contributed by atoms with E-state index in [2.05, 4.69) is 38.6 Å². The zero-order valence-corrected chi connectivity index (χ0v) is 21.9. The maximum Gasteiger partial charge on any atom is 0.416 e. The second-order valence-corrected chi connectivity index (χ2v) is 11.4. The van der Waals surface area contributed by atoms with Crippen molar-refractivity contribution in [3.05, 3.63) is 35.9 Å². The standard InChI is InChI=1S/C27H37F3N6S/c28-27(29,30)19-15-23(33-20-6-10-35(11-7-20)14-9-32)26-25(16-19)37-24-17-21(1-2-22(24)34-26)36-12-4-18(3-8-31)5-13-36/h1-2,15-18,20,33-34H,3-14,31-32H2. The number of likely N-dealkylation sites (tertiary alicyclic amines) is 1. The van der Waals surface area contributed by atoms with Crippen molar-refractivity contribution in [2.45, 2.75) is 54.1 Å². The molecule has 0 amide bonds. The fraction of sp³-hybridized carbons (Fsp3) is 0.556. The largest absolute Gasteiger partial charge is 0.416 e. The predicted octanol–water partition coefficient (Wildman–Crippen LogP) is 5.31. The fourth-order valence-corrected chi connectivity index (χ4v) is 6.76. The number of halogens is 3. The molecule has 2 fully saturated rings. The minimum Gasteiger partial charge on any atom is -0.380 e. The highest BCUT2D eigenvalue weighted by molar-refractivity contribution is 7.99. The first-order valence-electron chi connectivity index (χ1n) is 13.3. The highest BCUT2D eigenvalue weighted by Gasteiger charge is 2.34. The summed E-state index contributed by atoms with van der Waals surface area (Å²) in [6.45, 7) is 5.96. The summed E-state index contributed by atoms with van der Waals surface area (Å²) in [7, 11) is 0. The number of anilines is 4. The van der Waals surface area contributed by atoms with Crippen LogP contribution in [0.25, 0.3) is 0 Å². The number of fused-ring (bicyclic) bond motifs is 2. The molecule has 0 aliphatic carbocycles. The Balaban J connectivity index is 1.36. The van der Waals surface area contributed by atoms with Crippen LogP contribution in [0, 0.1) is 5.92 Å². The quantitative estimate of drug-likeness (QED) is 0.327. The Morgan fingerprint density at radius 2 is 1.70 bits per heavy atom. The van der Waals surface area contributed by atoms with Crippen LogP contribution in [0.1, 0.15) is 37.7 Å². The summed E-state index contributed by atoms with van der Waals surface area (Å²) >= 11 is 1.41. The maximum absolute atomic E-state index is 13.9. The number of alkyl halides is 3. The van der Waals surface area contributed by atoms with Crippen LogP contribution in [-0.2, 0) is 6.18 Å². The molecule has 6 N–H and O–H groups in total. The smallest absolute Gasteiger partial charge is 0.380 e. The first-order chi connectivity index (χ1) is 17.8. The van der Waals surface area contributed by atoms with E-state index in [4.69, 9.17) is 11.5 Å². The molecule has 2 saturated heterocycles. The van der Waals surface area contributed by atoms with Gasteiger partial charge in [-0.15, -0.1) is 0 Å². The van der Waals surface area contributed by atoms with E-state index >= 15 is 0 Å². The molecular formula is C27H37F3N6S. The molecule has 0 spiro atoms. The first kappa shape index (κ1) is 26.5. The van der Waals surface area contributed by atoms with Gasteiger partial charge in [0.25, 0.3) is 0 Å². The third-order valence-electron chi connectivity index (χ3n) is 7.82. The summed E-state index contributed by atoms with van der Waals surface area (Å²) in [4.78, 5) is 6.24. The lowest BCUT2D eigenvalue weighted by Gasteiger charge is -2.35. The molecule has 5 rings (SSSR count). The highest BCUT2D eigenvalue weighted by atomic mass is 32.2. The molecule has 37 heavy (non-hydrogen) atoms. The first-order valence-corrected chi connectivity index (χ1v) is 14.1. The van der Waals surface area contributed by atoms with Crippen LogP contribution in [0.15, 0.2) is 40.1 Å². The second kappa shape index (κ2) is 11.3. The van der Waals surface area contributed by atoms with Gasteiger partial charge in [-0.2, -0.15) is 13.2 Å². The van der Waals surface area contributed by atoms with Gasteiger partial charge in [0.15, 0.2) is 0 Å². The molecule has 3 aliphatic heterocycles. The molecular weight excluding hydrogens is 497 g/mol. The SMILES string of the molecule is NCCC1CCN(c2ccc3c(c2)Sc2cc(C(F)(F)F)cc(NC4CCN(CCN)CC4)c2N3)CC1. The van der Waals surface area contributed by atoms with Crippen molar-refractivity contribution in [3.8, 4) is 0 Å². The Morgan fingerprint density at radius 1 is 0.946 bits per heavy atom. The number of piperidine rings is 2. The van der Waals surface area contributed by atoms with Crippen LogP contribution >= 0.6 is 11.8 Å². The zero-order valence-electron chi connectivity index (χ0n) is 21.1. The van der Waals surface area contributed by atoms with Gasteiger partial charge in [-0.25, -0.2) is 0 Å². The van der Waals surface area contributed by atoms with Gasteiger partial charge < -0.3 is 31.9 Å². The van der Waals surface area contributed by atoms with Gasteiger partial charge in [-0.1, -0.05) is 11.8 Å². The number of hydrogen-bond acceptors (Lipinski definition) is 7. The molecule has 10 heteroatoms. The van der Waals surface area contributed by atoms with Crippen LogP contribution in [0.2, 0.25) is 0 Å². The third-order valence-corrected chi connectivity index (χ3v) is 8.92. The number of rotatable bonds is 7. The molecule has 3 aliphatic rings. The molecule has 202 valence electrons. The van der Waals surface area contributed by atoms with Crippen LogP contribution in [0.4, 0.5) is 35.9 Å². The van der Waals surface area contributed by atoms with Crippen LogP contribution in [0.5, 0.6) is 0 Å². The van der Waals surface area contributed by atoms with Crippen LogP contribution in [-0.4, -0.2) is 56.8 Å². The lowest BCUT2D eigenvalue weighted by atomic mass is 9.93. The lowest BCUT2D eigenvalue weighted by molar-refractivity contribution is -0.137. The maximum atomic E-state index is 13.9. The average Bonchev–Trinajstić information content (AvgIpc) is 2.88. The van der Waals surface area contributed by atoms with Crippen molar-refractivity contribution >= 4 is 34.5 Å². The van der Waals surface area contributed by atoms with Gasteiger partial charge in [0.05, 0.1) is 22.6 Å². The molecule has 0 aromatic heterocycles. The number of hydrogen-bond donors (Lipinski definition) is 4. The van der Waals surface area contributed by atoms with Crippen molar-refractivity contribution < 1.29 is 13.2 Å². The molecule has 0 saturated carbocycles. The minimum atomic E-state index is -4.41. The van der Waals surface area contributed by atoms with Crippen molar-refractivity contribution in [2.24, 2.45) is 17.4 Å². The number of nitrogens with zero attached hydrogens (tertiary/aromatic N) is 2. The molecule has 3 heterocycles. The van der Waals surface area contributed by atoms with Crippen molar-refractivity contribution in [1.29, 1.82) is 0 Å². The van der Waals surface area contributed by atoms with Crippen molar-refractivity contribution in [1.82, 2.24) is 4.90 Å². The Bertz CT molecular complexity index is 1080. The molecule has 0 unspecified atom stereocenters. The second-order valence-electron chi connectivity index (χ2n) is 10.4. The fourth-order valence-electron chi connectivity index (χ4n) is 5.67. The molecule has 6 nitrogen and oxygen atoms in total. The Kier molecular flexibility index (Phi) is 8.09. The summed E-state index contributed by atoms with van der Waals surface area (Å²) in [5.74, 6) is 0.682. The van der Waals surface area contributed by atoms with Gasteiger partial charge in [0.1, 0.15) is 0 Å². The van der Waals surface area contributed by atoms with E-state index in [1.807, 2.05) is 0 Å². The average molecular weight is 535 g/mol. The zero-order chi connectivity index (χ0) is 26.0. The van der Waals surface area contributed by atoms with E-state index < -0.39 is 11.7 Å². The minimum absolute atomic E-state index is 0.124. The van der Waals surface area contributed by atoms with E-state index in [1.54, 1.807) is 0 Å². The summed E-state index contributed by atoms with van der Waals surface area (Å²) in [6.07, 6.45) is 0.654. The number of nitrogens with one attached hydrogen (secondary N) is 2. The molecule has 0 atom stereocenters. The van der Waals surface area contributed by atoms with E-state index in [0.29, 0.717) is 23.0 Å². The summed E-state index contributed by atoms with van der Waals surface area (Å²) < 4.78 is 41.6. The van der Waals surface area contributed by atoms with E-state index in [0.717, 1.165) is 93.3 Å². The Labute approximate surface area is 221 Å². The van der Waals surface area contributed by atoms with Crippen LogP contribution in [0.3, 0.4) is 0 Å². The topological polar surface area (TPSA) is 82.6 Å². The summed E-state index contributed by atoms with van der Waals surface area (Å²) in [5.41, 5.74) is 14.1. The van der Waals surface area contributed by atoms with E-state index in [1.165, 1.54) is 23.9 Å². The summed E-state index contributed by atoms with van der Waals surface area (Å²) in [5, 5.41) is 6.89. The molecule has 2 aromatic rings. The third kappa shape index (κ3) is 6.13. The summed E-state index contributed by atoms with van der Waals surface area (Å²) in [6, 6.07) is 8.93. The Hall–Kier alpha value is -2.14. The van der Waals surface area contributed by atoms with Gasteiger partial charge in [0.2, 0.25) is 0 Å². The van der Waals surface area contributed by atoms with Gasteiger partial charge in [0, 0.05) is 60.8 Å². The molecule has 0 radical (unpaired) electrons. The van der Waals surface area contributed by atoms with Gasteiger partial charge in [-0.05, 0) is 74.9 Å². The lowest BCUT2D eigenvalue weighted by Crippen LogP contribution is -2.41. The monoisotopic (exact) mass is 534 g/mol. The van der Waals surface area contributed by atoms with Crippen LogP contribution < -0.4 is 27.0 Å².